The fourth-order valence-electron chi connectivity index (χ4n) is 2.53. The Balaban J connectivity index is 1.91. The summed E-state index contributed by atoms with van der Waals surface area (Å²) >= 11 is 0. The molecule has 2 heterocycles. The van der Waals surface area contributed by atoms with Crippen molar-refractivity contribution in [2.75, 3.05) is 18.8 Å². The maximum Gasteiger partial charge on any atom is 0.270 e. The van der Waals surface area contributed by atoms with Crippen LogP contribution in [-0.2, 0) is 0 Å². The Morgan fingerprint density at radius 2 is 1.94 bits per heavy atom. The van der Waals surface area contributed by atoms with Crippen LogP contribution in [0.3, 0.4) is 0 Å². The number of hydrogen-bond acceptors (Lipinski definition) is 2. The molecule has 94 valence electrons. The minimum atomic E-state index is 0.101. The number of nitrogens with zero attached hydrogens (tertiary/aromatic N) is 1. The van der Waals surface area contributed by atoms with Crippen LogP contribution in [0.5, 0.6) is 0 Å². The van der Waals surface area contributed by atoms with Gasteiger partial charge in [-0.3, -0.25) is 4.79 Å². The van der Waals surface area contributed by atoms with Gasteiger partial charge in [0.25, 0.3) is 5.91 Å². The van der Waals surface area contributed by atoms with Crippen LogP contribution in [0.15, 0.2) is 24.3 Å². The van der Waals surface area contributed by atoms with Gasteiger partial charge >= 0.3 is 0 Å². The van der Waals surface area contributed by atoms with Crippen LogP contribution in [0.25, 0.3) is 10.9 Å². The first-order chi connectivity index (χ1) is 8.74. The van der Waals surface area contributed by atoms with Gasteiger partial charge in [-0.15, -0.1) is 0 Å². The van der Waals surface area contributed by atoms with Gasteiger partial charge in [0.15, 0.2) is 0 Å². The maximum atomic E-state index is 12.3. The molecule has 0 atom stereocenters. The number of aromatic amines is 1. The van der Waals surface area contributed by atoms with E-state index in [-0.39, 0.29) is 5.91 Å². The quantitative estimate of drug-likeness (QED) is 0.755. The molecule has 1 aromatic carbocycles. The predicted octanol–water partition coefficient (Wildman–Crippen LogP) is 2.38. The van der Waals surface area contributed by atoms with E-state index in [1.165, 1.54) is 6.42 Å². The van der Waals surface area contributed by atoms with E-state index in [0.717, 1.165) is 42.5 Å². The molecule has 4 nitrogen and oxygen atoms in total. The number of carbonyl (C=O) groups excluding carboxylic acids is 1. The highest BCUT2D eigenvalue weighted by Gasteiger charge is 2.19. The van der Waals surface area contributed by atoms with Crippen LogP contribution in [0.4, 0.5) is 5.69 Å². The number of likely N-dealkylation sites (tertiary alicyclic amines) is 1. The van der Waals surface area contributed by atoms with Gasteiger partial charge in [0.2, 0.25) is 0 Å². The van der Waals surface area contributed by atoms with Gasteiger partial charge in [-0.25, -0.2) is 0 Å². The zero-order valence-corrected chi connectivity index (χ0v) is 10.3. The number of benzene rings is 1. The van der Waals surface area contributed by atoms with E-state index in [4.69, 9.17) is 5.73 Å². The molecule has 1 aromatic heterocycles. The van der Waals surface area contributed by atoms with E-state index >= 15 is 0 Å². The Kier molecular flexibility index (Phi) is 2.70. The topological polar surface area (TPSA) is 62.1 Å². The number of anilines is 1. The Bertz CT molecular complexity index is 582. The number of aromatic nitrogens is 1. The van der Waals surface area contributed by atoms with Gasteiger partial charge < -0.3 is 15.6 Å². The summed E-state index contributed by atoms with van der Waals surface area (Å²) in [6.07, 6.45) is 3.45. The highest BCUT2D eigenvalue weighted by molar-refractivity contribution is 5.98. The van der Waals surface area contributed by atoms with Crippen LogP contribution < -0.4 is 5.73 Å². The fraction of sp³-hybridized carbons (Fsp3) is 0.357. The van der Waals surface area contributed by atoms with Crippen LogP contribution in [0, 0.1) is 0 Å². The Labute approximate surface area is 106 Å². The van der Waals surface area contributed by atoms with Gasteiger partial charge in [0, 0.05) is 29.7 Å². The predicted molar refractivity (Wildman–Crippen MR) is 72.5 cm³/mol. The number of nitrogens with one attached hydrogen (secondary N) is 1. The molecule has 1 amide bonds. The van der Waals surface area contributed by atoms with Crippen molar-refractivity contribution in [3.63, 3.8) is 0 Å². The molecule has 1 aliphatic heterocycles. The summed E-state index contributed by atoms with van der Waals surface area (Å²) in [5.74, 6) is 0.101. The fourth-order valence-corrected chi connectivity index (χ4v) is 2.53. The second kappa shape index (κ2) is 4.37. The second-order valence-electron chi connectivity index (χ2n) is 4.88. The third-order valence-corrected chi connectivity index (χ3v) is 3.52. The number of rotatable bonds is 1. The van der Waals surface area contributed by atoms with E-state index in [0.29, 0.717) is 5.69 Å². The zero-order valence-electron chi connectivity index (χ0n) is 10.3. The number of nitrogens with two attached hydrogens (primary N) is 1. The lowest BCUT2D eigenvalue weighted by atomic mass is 10.1. The lowest BCUT2D eigenvalue weighted by Gasteiger charge is -2.26. The molecule has 18 heavy (non-hydrogen) atoms. The van der Waals surface area contributed by atoms with Crippen LogP contribution in [-0.4, -0.2) is 28.9 Å². The molecule has 0 bridgehead atoms. The second-order valence-corrected chi connectivity index (χ2v) is 4.88. The Morgan fingerprint density at radius 3 is 2.72 bits per heavy atom. The highest BCUT2D eigenvalue weighted by Crippen LogP contribution is 2.20. The molecule has 4 heteroatoms. The summed E-state index contributed by atoms with van der Waals surface area (Å²) in [6.45, 7) is 1.74. The van der Waals surface area contributed by atoms with Crippen molar-refractivity contribution < 1.29 is 4.79 Å². The molecule has 2 aromatic rings. The van der Waals surface area contributed by atoms with Crippen molar-refractivity contribution in [3.05, 3.63) is 30.0 Å². The van der Waals surface area contributed by atoms with Crippen LogP contribution in [0.2, 0.25) is 0 Å². The van der Waals surface area contributed by atoms with Crippen LogP contribution in [0.1, 0.15) is 29.8 Å². The van der Waals surface area contributed by atoms with Crippen molar-refractivity contribution in [2.24, 2.45) is 0 Å². The highest BCUT2D eigenvalue weighted by atomic mass is 16.2. The molecular formula is C14H17N3O. The lowest BCUT2D eigenvalue weighted by Crippen LogP contribution is -2.35. The summed E-state index contributed by atoms with van der Waals surface area (Å²) in [6, 6.07) is 7.53. The van der Waals surface area contributed by atoms with Gasteiger partial charge in [0.05, 0.1) is 0 Å². The van der Waals surface area contributed by atoms with Crippen molar-refractivity contribution in [1.82, 2.24) is 9.88 Å². The summed E-state index contributed by atoms with van der Waals surface area (Å²) in [5, 5.41) is 0.996. The summed E-state index contributed by atoms with van der Waals surface area (Å²) in [7, 11) is 0. The molecule has 0 saturated carbocycles. The number of hydrogen-bond donors (Lipinski definition) is 2. The summed E-state index contributed by atoms with van der Waals surface area (Å²) < 4.78 is 0. The number of H-pyrrole nitrogens is 1. The molecule has 0 unspecified atom stereocenters. The third-order valence-electron chi connectivity index (χ3n) is 3.52. The molecule has 0 spiro atoms. The van der Waals surface area contributed by atoms with Gasteiger partial charge in [-0.2, -0.15) is 0 Å². The molecule has 0 radical (unpaired) electrons. The average molecular weight is 243 g/mol. The largest absolute Gasteiger partial charge is 0.399 e. The van der Waals surface area contributed by atoms with Crippen molar-refractivity contribution in [2.45, 2.75) is 19.3 Å². The summed E-state index contributed by atoms with van der Waals surface area (Å²) in [5.41, 5.74) is 8.09. The Morgan fingerprint density at radius 1 is 1.17 bits per heavy atom. The number of fused-ring (bicyclic) bond motifs is 1. The standard InChI is InChI=1S/C14H17N3O/c15-11-4-5-12-10(8-11)9-13(16-12)14(18)17-6-2-1-3-7-17/h4-5,8-9,16H,1-3,6-7,15H2. The van der Waals surface area contributed by atoms with Gasteiger partial charge in [0.1, 0.15) is 5.69 Å². The minimum Gasteiger partial charge on any atom is -0.399 e. The smallest absolute Gasteiger partial charge is 0.270 e. The number of nitrogen functional groups attached to an aromatic ring is 1. The number of piperidine rings is 1. The van der Waals surface area contributed by atoms with Gasteiger partial charge in [-0.05, 0) is 43.5 Å². The van der Waals surface area contributed by atoms with E-state index in [1.54, 1.807) is 0 Å². The first-order valence-electron chi connectivity index (χ1n) is 6.41. The molecule has 3 rings (SSSR count). The SMILES string of the molecule is Nc1ccc2[nH]c(C(=O)N3CCCCC3)cc2c1. The molecule has 1 saturated heterocycles. The van der Waals surface area contributed by atoms with Crippen molar-refractivity contribution >= 4 is 22.5 Å². The molecule has 3 N–H and O–H groups in total. The first-order valence-corrected chi connectivity index (χ1v) is 6.41. The van der Waals surface area contributed by atoms with Crippen molar-refractivity contribution in [3.8, 4) is 0 Å². The van der Waals surface area contributed by atoms with E-state index < -0.39 is 0 Å². The molecule has 1 fully saturated rings. The maximum absolute atomic E-state index is 12.3. The lowest BCUT2D eigenvalue weighted by molar-refractivity contribution is 0.0719. The van der Waals surface area contributed by atoms with E-state index in [9.17, 15) is 4.79 Å². The number of amides is 1. The van der Waals surface area contributed by atoms with E-state index in [2.05, 4.69) is 4.98 Å². The first kappa shape index (κ1) is 11.1. The molecular weight excluding hydrogens is 226 g/mol. The third kappa shape index (κ3) is 1.94. The molecule has 1 aliphatic rings. The zero-order chi connectivity index (χ0) is 12.5. The summed E-state index contributed by atoms with van der Waals surface area (Å²) in [4.78, 5) is 17.4. The Hall–Kier alpha value is -1.97. The monoisotopic (exact) mass is 243 g/mol. The average Bonchev–Trinajstić information content (AvgIpc) is 2.81. The minimum absolute atomic E-state index is 0.101. The van der Waals surface area contributed by atoms with Crippen molar-refractivity contribution in [1.29, 1.82) is 0 Å². The molecule has 0 aliphatic carbocycles. The normalized spacial score (nSPS) is 16.1. The number of carbonyl (C=O) groups is 1. The van der Waals surface area contributed by atoms with Gasteiger partial charge in [-0.1, -0.05) is 0 Å². The van der Waals surface area contributed by atoms with E-state index in [1.807, 2.05) is 29.2 Å². The van der Waals surface area contributed by atoms with Crippen LogP contribution >= 0.6 is 0 Å².